The molecule has 0 N–H and O–H groups in total. The number of imide groups is 1. The van der Waals surface area contributed by atoms with Gasteiger partial charge in [-0.1, -0.05) is 26.3 Å². The summed E-state index contributed by atoms with van der Waals surface area (Å²) in [4.78, 5) is 30.6. The lowest BCUT2D eigenvalue weighted by atomic mass is 10.1. The predicted molar refractivity (Wildman–Crippen MR) is 104 cm³/mol. The van der Waals surface area contributed by atoms with Gasteiger partial charge in [-0.05, 0) is 36.4 Å². The molecule has 2 amide bonds. The molecule has 0 saturated carbocycles. The zero-order chi connectivity index (χ0) is 21.7. The highest BCUT2D eigenvalue weighted by Gasteiger charge is 2.55. The van der Waals surface area contributed by atoms with Gasteiger partial charge in [0.15, 0.2) is 23.7 Å². The number of rotatable bonds is 4. The smallest absolute Gasteiger partial charge is 0.263 e. The zero-order valence-electron chi connectivity index (χ0n) is 15.4. The number of carbonyl (C=O) groups excluding carboxylic acids is 2. The Kier molecular flexibility index (Phi) is 4.58. The average molecular weight is 489 g/mol. The first kappa shape index (κ1) is 19.4. The van der Waals surface area contributed by atoms with Gasteiger partial charge in [-0.25, -0.2) is 13.7 Å². The Hall–Kier alpha value is -3.54. The summed E-state index contributed by atoms with van der Waals surface area (Å²) in [6, 6.07) is 7.95. The lowest BCUT2D eigenvalue weighted by molar-refractivity contribution is -0.123. The molecule has 31 heavy (non-hydrogen) atoms. The molecule has 5 rings (SSSR count). The van der Waals surface area contributed by atoms with E-state index in [9.17, 15) is 18.4 Å². The van der Waals surface area contributed by atoms with E-state index in [0.29, 0.717) is 5.82 Å². The standard InChI is InChI=1S/C19H11BrF2N6O3/c20-10-3-1-9(2-4-10)17-23-14(31-25-17)8-27-16-15(24-26-27)18(29)28(19(16)30)11-5-6-12(21)13(22)7-11/h1-7,15-16H,8H2. The van der Waals surface area contributed by atoms with Crippen molar-refractivity contribution in [3.8, 4) is 11.4 Å². The third-order valence-electron chi connectivity index (χ3n) is 4.89. The largest absolute Gasteiger partial charge is 0.337 e. The van der Waals surface area contributed by atoms with E-state index in [4.69, 9.17) is 4.52 Å². The van der Waals surface area contributed by atoms with Crippen LogP contribution in [0.15, 0.2) is 61.8 Å². The van der Waals surface area contributed by atoms with Crippen molar-refractivity contribution in [1.29, 1.82) is 0 Å². The Labute approximate surface area is 181 Å². The van der Waals surface area contributed by atoms with Gasteiger partial charge in [0.25, 0.3) is 11.8 Å². The summed E-state index contributed by atoms with van der Waals surface area (Å²) in [5, 5.41) is 13.0. The molecule has 9 nitrogen and oxygen atoms in total. The minimum atomic E-state index is -1.17. The normalized spacial score (nSPS) is 20.1. The van der Waals surface area contributed by atoms with E-state index in [1.807, 2.05) is 24.3 Å². The number of benzene rings is 2. The fourth-order valence-corrected chi connectivity index (χ4v) is 3.67. The van der Waals surface area contributed by atoms with Crippen LogP contribution >= 0.6 is 15.9 Å². The SMILES string of the molecule is O=C1C2N=NN(Cc3nc(-c4ccc(Br)cc4)no3)C2C(=O)N1c1ccc(F)c(F)c1. The molecule has 156 valence electrons. The maximum Gasteiger partial charge on any atom is 0.263 e. The second kappa shape index (κ2) is 7.30. The van der Waals surface area contributed by atoms with Gasteiger partial charge in [0.2, 0.25) is 11.7 Å². The van der Waals surface area contributed by atoms with Gasteiger partial charge < -0.3 is 4.52 Å². The van der Waals surface area contributed by atoms with Crippen molar-refractivity contribution in [1.82, 2.24) is 15.1 Å². The van der Waals surface area contributed by atoms with Crippen molar-refractivity contribution in [3.05, 3.63) is 64.5 Å². The van der Waals surface area contributed by atoms with Crippen LogP contribution in [-0.4, -0.2) is 39.0 Å². The number of aromatic nitrogens is 2. The van der Waals surface area contributed by atoms with Gasteiger partial charge >= 0.3 is 0 Å². The quantitative estimate of drug-likeness (QED) is 0.522. The molecule has 2 unspecified atom stereocenters. The van der Waals surface area contributed by atoms with Crippen LogP contribution in [0.5, 0.6) is 0 Å². The van der Waals surface area contributed by atoms with Crippen LogP contribution in [0, 0.1) is 11.6 Å². The van der Waals surface area contributed by atoms with E-state index in [0.717, 1.165) is 33.1 Å². The van der Waals surface area contributed by atoms with E-state index in [1.165, 1.54) is 5.01 Å². The minimum absolute atomic E-state index is 0.0567. The predicted octanol–water partition coefficient (Wildman–Crippen LogP) is 3.27. The molecular formula is C19H11BrF2N6O3. The van der Waals surface area contributed by atoms with Crippen LogP contribution < -0.4 is 4.90 Å². The second-order valence-electron chi connectivity index (χ2n) is 6.82. The monoisotopic (exact) mass is 488 g/mol. The van der Waals surface area contributed by atoms with Crippen molar-refractivity contribution < 1.29 is 22.9 Å². The van der Waals surface area contributed by atoms with E-state index in [-0.39, 0.29) is 18.1 Å². The van der Waals surface area contributed by atoms with Crippen molar-refractivity contribution in [2.45, 2.75) is 18.6 Å². The van der Waals surface area contributed by atoms with Crippen molar-refractivity contribution in [2.75, 3.05) is 4.90 Å². The molecule has 0 radical (unpaired) electrons. The summed E-state index contributed by atoms with van der Waals surface area (Å²) >= 11 is 3.35. The molecule has 3 aromatic rings. The Bertz CT molecular complexity index is 1230. The van der Waals surface area contributed by atoms with Gasteiger partial charge in [0, 0.05) is 16.1 Å². The number of amides is 2. The van der Waals surface area contributed by atoms with E-state index in [2.05, 4.69) is 36.4 Å². The fraction of sp³-hybridized carbons (Fsp3) is 0.158. The molecule has 1 aromatic heterocycles. The zero-order valence-corrected chi connectivity index (χ0v) is 17.0. The third-order valence-corrected chi connectivity index (χ3v) is 5.42. The summed E-state index contributed by atoms with van der Waals surface area (Å²) in [5.41, 5.74) is 0.657. The van der Waals surface area contributed by atoms with Crippen LogP contribution in [0.3, 0.4) is 0 Å². The van der Waals surface area contributed by atoms with Crippen LogP contribution in [0.2, 0.25) is 0 Å². The molecular weight excluding hydrogens is 478 g/mol. The lowest BCUT2D eigenvalue weighted by Gasteiger charge is -2.19. The highest BCUT2D eigenvalue weighted by Crippen LogP contribution is 2.33. The Morgan fingerprint density at radius 3 is 2.55 bits per heavy atom. The van der Waals surface area contributed by atoms with Crippen molar-refractivity contribution in [2.24, 2.45) is 10.3 Å². The number of fused-ring (bicyclic) bond motifs is 1. The Morgan fingerprint density at radius 2 is 1.81 bits per heavy atom. The summed E-state index contributed by atoms with van der Waals surface area (Å²) in [6.07, 6.45) is 0. The Balaban J connectivity index is 1.36. The summed E-state index contributed by atoms with van der Waals surface area (Å²) in [5.74, 6) is -3.05. The van der Waals surface area contributed by atoms with E-state index in [1.54, 1.807) is 0 Å². The molecule has 0 bridgehead atoms. The average Bonchev–Trinajstić information content (AvgIpc) is 3.44. The van der Waals surface area contributed by atoms with Gasteiger partial charge in [-0.15, -0.1) is 0 Å². The number of hydrogen-bond acceptors (Lipinski definition) is 8. The van der Waals surface area contributed by atoms with Gasteiger partial charge in [0.1, 0.15) is 6.54 Å². The minimum Gasteiger partial charge on any atom is -0.337 e. The summed E-state index contributed by atoms with van der Waals surface area (Å²) < 4.78 is 33.0. The number of anilines is 1. The van der Waals surface area contributed by atoms with Crippen LogP contribution in [0.25, 0.3) is 11.4 Å². The maximum absolute atomic E-state index is 13.6. The van der Waals surface area contributed by atoms with Crippen LogP contribution in [0.4, 0.5) is 14.5 Å². The first-order valence-corrected chi connectivity index (χ1v) is 9.80. The van der Waals surface area contributed by atoms with Gasteiger partial charge in [-0.3, -0.25) is 14.6 Å². The third kappa shape index (κ3) is 3.28. The molecule has 2 aliphatic rings. The van der Waals surface area contributed by atoms with Crippen LogP contribution in [0.1, 0.15) is 5.89 Å². The molecule has 0 spiro atoms. The van der Waals surface area contributed by atoms with E-state index < -0.39 is 35.5 Å². The van der Waals surface area contributed by atoms with Gasteiger partial charge in [0.05, 0.1) is 5.69 Å². The molecule has 2 aliphatic heterocycles. The first-order chi connectivity index (χ1) is 14.9. The summed E-state index contributed by atoms with van der Waals surface area (Å²) in [7, 11) is 0. The highest BCUT2D eigenvalue weighted by atomic mass is 79.9. The molecule has 3 heterocycles. The Morgan fingerprint density at radius 1 is 1.03 bits per heavy atom. The van der Waals surface area contributed by atoms with Crippen molar-refractivity contribution >= 4 is 33.4 Å². The molecule has 2 atom stereocenters. The van der Waals surface area contributed by atoms with E-state index >= 15 is 0 Å². The van der Waals surface area contributed by atoms with Gasteiger partial charge in [-0.2, -0.15) is 10.1 Å². The molecule has 1 fully saturated rings. The fourth-order valence-electron chi connectivity index (χ4n) is 3.41. The summed E-state index contributed by atoms with van der Waals surface area (Å²) in [6.45, 7) is -0.0567. The molecule has 12 heteroatoms. The van der Waals surface area contributed by atoms with Crippen molar-refractivity contribution in [3.63, 3.8) is 0 Å². The maximum atomic E-state index is 13.6. The molecule has 2 aromatic carbocycles. The first-order valence-electron chi connectivity index (χ1n) is 9.01. The van der Waals surface area contributed by atoms with Crippen LogP contribution in [-0.2, 0) is 16.1 Å². The number of halogens is 3. The number of carbonyl (C=O) groups is 2. The lowest BCUT2D eigenvalue weighted by Crippen LogP contribution is -2.39. The number of hydrogen-bond donors (Lipinski definition) is 0. The second-order valence-corrected chi connectivity index (χ2v) is 7.74. The topological polar surface area (TPSA) is 104 Å². The number of nitrogens with zero attached hydrogens (tertiary/aromatic N) is 6. The molecule has 1 saturated heterocycles. The highest BCUT2D eigenvalue weighted by molar-refractivity contribution is 9.10. The molecule has 0 aliphatic carbocycles.